The van der Waals surface area contributed by atoms with E-state index < -0.39 is 0 Å². The molecule has 0 unspecified atom stereocenters. The first-order valence-corrected chi connectivity index (χ1v) is 3.28. The standard InChI is InChI=1S/C9H9N/c1-2-8-3-5-9(7-10)6-4-8/h1,3,5,7,10H,4,6H2/p+1. The van der Waals surface area contributed by atoms with Crippen LogP contribution < -0.4 is 5.41 Å². The van der Waals surface area contributed by atoms with Gasteiger partial charge < -0.3 is 0 Å². The van der Waals surface area contributed by atoms with Crippen LogP contribution in [-0.4, -0.2) is 6.21 Å². The first-order valence-electron chi connectivity index (χ1n) is 3.28. The van der Waals surface area contributed by atoms with E-state index in [4.69, 9.17) is 11.8 Å². The molecule has 50 valence electrons. The van der Waals surface area contributed by atoms with Crippen molar-refractivity contribution in [1.82, 2.24) is 0 Å². The Morgan fingerprint density at radius 3 is 2.70 bits per heavy atom. The molecule has 0 heterocycles. The summed E-state index contributed by atoms with van der Waals surface area (Å²) < 4.78 is 0. The summed E-state index contributed by atoms with van der Waals surface area (Å²) in [6.45, 7) is 0. The van der Waals surface area contributed by atoms with Gasteiger partial charge in [0, 0.05) is 11.1 Å². The molecule has 0 aromatic heterocycles. The number of allylic oxidation sites excluding steroid dienone is 4. The average molecular weight is 132 g/mol. The van der Waals surface area contributed by atoms with Crippen molar-refractivity contribution in [1.29, 1.82) is 0 Å². The summed E-state index contributed by atoms with van der Waals surface area (Å²) in [7, 11) is 0. The summed E-state index contributed by atoms with van der Waals surface area (Å²) in [5.41, 5.74) is 2.23. The number of rotatable bonds is 1. The van der Waals surface area contributed by atoms with Crippen molar-refractivity contribution in [2.45, 2.75) is 12.8 Å². The van der Waals surface area contributed by atoms with Crippen molar-refractivity contribution < 1.29 is 5.41 Å². The molecular weight excluding hydrogens is 122 g/mol. The van der Waals surface area contributed by atoms with Crippen LogP contribution >= 0.6 is 0 Å². The van der Waals surface area contributed by atoms with Gasteiger partial charge in [0.1, 0.15) is 0 Å². The van der Waals surface area contributed by atoms with Gasteiger partial charge in [0.05, 0.1) is 0 Å². The topological polar surface area (TPSA) is 25.6 Å². The van der Waals surface area contributed by atoms with Crippen molar-refractivity contribution in [3.63, 3.8) is 0 Å². The van der Waals surface area contributed by atoms with Crippen LogP contribution in [0.25, 0.3) is 0 Å². The lowest BCUT2D eigenvalue weighted by atomic mass is 10.00. The van der Waals surface area contributed by atoms with Gasteiger partial charge in [-0.25, -0.2) is 0 Å². The third-order valence-electron chi connectivity index (χ3n) is 1.58. The Morgan fingerprint density at radius 1 is 1.50 bits per heavy atom. The molecule has 0 saturated carbocycles. The lowest BCUT2D eigenvalue weighted by Crippen LogP contribution is -2.30. The highest BCUT2D eigenvalue weighted by molar-refractivity contribution is 5.74. The molecular formula is C9H10N+. The Morgan fingerprint density at radius 2 is 2.30 bits per heavy atom. The number of terminal acetylenes is 1. The van der Waals surface area contributed by atoms with E-state index in [-0.39, 0.29) is 0 Å². The van der Waals surface area contributed by atoms with Crippen molar-refractivity contribution in [2.24, 2.45) is 0 Å². The summed E-state index contributed by atoms with van der Waals surface area (Å²) in [6.07, 6.45) is 12.7. The van der Waals surface area contributed by atoms with Crippen LogP contribution in [0.4, 0.5) is 0 Å². The summed E-state index contributed by atoms with van der Waals surface area (Å²) in [6, 6.07) is 0. The van der Waals surface area contributed by atoms with Gasteiger partial charge in [-0.05, 0) is 12.8 Å². The van der Waals surface area contributed by atoms with Crippen LogP contribution in [0.2, 0.25) is 0 Å². The molecule has 1 aliphatic carbocycles. The van der Waals surface area contributed by atoms with Gasteiger partial charge in [-0.1, -0.05) is 18.1 Å². The zero-order valence-electron chi connectivity index (χ0n) is 5.80. The fourth-order valence-electron chi connectivity index (χ4n) is 0.912. The molecule has 0 bridgehead atoms. The Hall–Kier alpha value is -1.29. The Balaban J connectivity index is 2.76. The van der Waals surface area contributed by atoms with E-state index in [0.717, 1.165) is 18.4 Å². The monoisotopic (exact) mass is 132 g/mol. The Labute approximate surface area is 61.0 Å². The molecule has 1 nitrogen and oxygen atoms in total. The van der Waals surface area contributed by atoms with E-state index >= 15 is 0 Å². The molecule has 1 heteroatoms. The van der Waals surface area contributed by atoms with Gasteiger partial charge in [0.15, 0.2) is 6.21 Å². The molecule has 0 radical (unpaired) electrons. The zero-order chi connectivity index (χ0) is 7.40. The molecule has 0 atom stereocenters. The number of hydrogen-bond acceptors (Lipinski definition) is 0. The maximum atomic E-state index is 5.32. The van der Waals surface area contributed by atoms with E-state index in [1.807, 2.05) is 12.2 Å². The second-order valence-electron chi connectivity index (χ2n) is 2.24. The minimum Gasteiger partial charge on any atom is -0.260 e. The highest BCUT2D eigenvalue weighted by Gasteiger charge is 2.02. The molecule has 0 aromatic rings. The van der Waals surface area contributed by atoms with E-state index in [1.54, 1.807) is 6.21 Å². The quantitative estimate of drug-likeness (QED) is 0.387. The lowest BCUT2D eigenvalue weighted by molar-refractivity contribution is -0.105. The van der Waals surface area contributed by atoms with Crippen molar-refractivity contribution in [3.05, 3.63) is 23.3 Å². The van der Waals surface area contributed by atoms with Gasteiger partial charge in [0.25, 0.3) is 0 Å². The summed E-state index contributed by atoms with van der Waals surface area (Å²) in [4.78, 5) is 0. The average Bonchev–Trinajstić information content (AvgIpc) is 2.05. The number of hydrogen-bond donors (Lipinski definition) is 1. The van der Waals surface area contributed by atoms with Crippen LogP contribution in [-0.2, 0) is 0 Å². The Kier molecular flexibility index (Phi) is 2.07. The van der Waals surface area contributed by atoms with Crippen molar-refractivity contribution in [3.8, 4) is 12.3 Å². The normalized spacial score (nSPS) is 16.7. The Bertz CT molecular complexity index is 238. The highest BCUT2D eigenvalue weighted by Crippen LogP contribution is 2.14. The molecule has 0 fully saturated rings. The van der Waals surface area contributed by atoms with Crippen molar-refractivity contribution >= 4 is 6.21 Å². The third kappa shape index (κ3) is 1.35. The largest absolute Gasteiger partial charge is 0.260 e. The summed E-state index contributed by atoms with van der Waals surface area (Å²) in [5.74, 6) is 2.61. The smallest absolute Gasteiger partial charge is 0.163 e. The van der Waals surface area contributed by atoms with Gasteiger partial charge in [-0.2, -0.15) is 0 Å². The van der Waals surface area contributed by atoms with Crippen LogP contribution in [0.1, 0.15) is 12.8 Å². The van der Waals surface area contributed by atoms with E-state index in [9.17, 15) is 0 Å². The fraction of sp³-hybridized carbons (Fsp3) is 0.222. The zero-order valence-corrected chi connectivity index (χ0v) is 5.80. The van der Waals surface area contributed by atoms with Gasteiger partial charge >= 0.3 is 0 Å². The van der Waals surface area contributed by atoms with Crippen LogP contribution in [0.3, 0.4) is 0 Å². The van der Waals surface area contributed by atoms with Gasteiger partial charge in [0.2, 0.25) is 0 Å². The third-order valence-corrected chi connectivity index (χ3v) is 1.58. The second kappa shape index (κ2) is 3.03. The van der Waals surface area contributed by atoms with Crippen LogP contribution in [0, 0.1) is 12.3 Å². The van der Waals surface area contributed by atoms with Gasteiger partial charge in [-0.15, -0.1) is 6.42 Å². The van der Waals surface area contributed by atoms with E-state index in [2.05, 4.69) is 5.92 Å². The van der Waals surface area contributed by atoms with E-state index in [1.165, 1.54) is 5.57 Å². The molecule has 0 saturated heterocycles. The molecule has 1 aliphatic rings. The van der Waals surface area contributed by atoms with Crippen molar-refractivity contribution in [2.75, 3.05) is 0 Å². The maximum Gasteiger partial charge on any atom is 0.163 e. The van der Waals surface area contributed by atoms with Gasteiger partial charge in [-0.3, -0.25) is 5.41 Å². The molecule has 0 aliphatic heterocycles. The second-order valence-corrected chi connectivity index (χ2v) is 2.24. The first kappa shape index (κ1) is 6.82. The predicted molar refractivity (Wildman–Crippen MR) is 42.2 cm³/mol. The lowest BCUT2D eigenvalue weighted by Gasteiger charge is -2.03. The summed E-state index contributed by atoms with van der Waals surface area (Å²) in [5, 5.41) is 5.32. The molecule has 2 N–H and O–H groups in total. The SMILES string of the molecule is C#CC1=CC=C(C=[NH2+])CC1. The minimum atomic E-state index is 0.954. The van der Waals surface area contributed by atoms with Crippen LogP contribution in [0.5, 0.6) is 0 Å². The fourth-order valence-corrected chi connectivity index (χ4v) is 0.912. The molecule has 10 heavy (non-hydrogen) atoms. The maximum absolute atomic E-state index is 5.32. The molecule has 0 amide bonds. The number of nitrogens with two attached hydrogens (primary N) is 1. The van der Waals surface area contributed by atoms with E-state index in [0.29, 0.717) is 0 Å². The predicted octanol–water partition coefficient (Wildman–Crippen LogP) is 0.0961. The molecule has 1 rings (SSSR count). The highest BCUT2D eigenvalue weighted by atomic mass is 14.3. The molecule has 0 spiro atoms. The molecule has 0 aromatic carbocycles. The van der Waals surface area contributed by atoms with Crippen LogP contribution in [0.15, 0.2) is 23.3 Å². The first-order chi connectivity index (χ1) is 4.86. The summed E-state index contributed by atoms with van der Waals surface area (Å²) >= 11 is 0. The minimum absolute atomic E-state index is 0.954.